The number of fused-ring (bicyclic) bond motifs is 1. The van der Waals surface area contributed by atoms with E-state index in [1.165, 1.54) is 4.90 Å². The van der Waals surface area contributed by atoms with E-state index in [0.29, 0.717) is 49.3 Å². The number of carbonyl (C=O) groups is 2. The predicted molar refractivity (Wildman–Crippen MR) is 103 cm³/mol. The summed E-state index contributed by atoms with van der Waals surface area (Å²) < 4.78 is 51.1. The van der Waals surface area contributed by atoms with Gasteiger partial charge in [-0.1, -0.05) is 13.0 Å². The van der Waals surface area contributed by atoms with Crippen molar-refractivity contribution >= 4 is 17.5 Å². The van der Waals surface area contributed by atoms with Gasteiger partial charge in [-0.2, -0.15) is 0 Å². The van der Waals surface area contributed by atoms with Gasteiger partial charge in [0.05, 0.1) is 18.7 Å². The monoisotopic (exact) mass is 422 g/mol. The van der Waals surface area contributed by atoms with E-state index in [1.54, 1.807) is 18.2 Å². The van der Waals surface area contributed by atoms with Gasteiger partial charge in [-0.05, 0) is 36.2 Å². The maximum Gasteiger partial charge on any atom is 0.244 e. The molecular weight excluding hydrogens is 401 g/mol. The van der Waals surface area contributed by atoms with Crippen LogP contribution in [-0.4, -0.2) is 43.0 Å². The molecule has 2 aromatic carbocycles. The van der Waals surface area contributed by atoms with Crippen molar-refractivity contribution in [2.75, 3.05) is 31.6 Å². The van der Waals surface area contributed by atoms with Crippen molar-refractivity contribution in [1.82, 2.24) is 4.90 Å². The zero-order chi connectivity index (χ0) is 21.7. The lowest BCUT2D eigenvalue weighted by atomic mass is 10.1. The molecule has 0 unspecified atom stereocenters. The first kappa shape index (κ1) is 21.5. The molecule has 3 rings (SSSR count). The molecule has 0 saturated heterocycles. The minimum absolute atomic E-state index is 0.0312. The van der Waals surface area contributed by atoms with Gasteiger partial charge in [0.25, 0.3) is 0 Å². The van der Waals surface area contributed by atoms with Crippen LogP contribution < -0.4 is 14.8 Å². The number of rotatable bonds is 7. The molecule has 2 aromatic rings. The summed E-state index contributed by atoms with van der Waals surface area (Å²) in [7, 11) is 0. The van der Waals surface area contributed by atoms with Gasteiger partial charge in [0.1, 0.15) is 13.2 Å². The van der Waals surface area contributed by atoms with Crippen molar-refractivity contribution in [1.29, 1.82) is 0 Å². The normalized spacial score (nSPS) is 12.4. The van der Waals surface area contributed by atoms with Crippen LogP contribution in [-0.2, 0) is 16.0 Å². The van der Waals surface area contributed by atoms with Crippen LogP contribution in [0.3, 0.4) is 0 Å². The highest BCUT2D eigenvalue weighted by atomic mass is 19.2. The number of nitrogens with one attached hydrogen (secondary N) is 1. The number of halogens is 3. The second-order valence-corrected chi connectivity index (χ2v) is 6.74. The highest BCUT2D eigenvalue weighted by Crippen LogP contribution is 2.31. The number of hydrogen-bond acceptors (Lipinski definition) is 4. The van der Waals surface area contributed by atoms with Crippen LogP contribution in [0.1, 0.15) is 18.9 Å². The van der Waals surface area contributed by atoms with Crippen molar-refractivity contribution in [3.63, 3.8) is 0 Å². The first-order valence-electron chi connectivity index (χ1n) is 9.48. The molecular formula is C21H21F3N2O4. The fourth-order valence-corrected chi connectivity index (χ4v) is 3.03. The van der Waals surface area contributed by atoms with E-state index in [1.807, 2.05) is 6.92 Å². The van der Waals surface area contributed by atoms with E-state index < -0.39 is 29.0 Å². The van der Waals surface area contributed by atoms with Gasteiger partial charge in [0.15, 0.2) is 29.0 Å². The largest absolute Gasteiger partial charge is 0.486 e. The van der Waals surface area contributed by atoms with Gasteiger partial charge in [-0.3, -0.25) is 9.59 Å². The molecule has 0 radical (unpaired) electrons. The van der Waals surface area contributed by atoms with Gasteiger partial charge >= 0.3 is 0 Å². The van der Waals surface area contributed by atoms with Crippen molar-refractivity contribution in [2.45, 2.75) is 19.8 Å². The maximum atomic E-state index is 13.8. The van der Waals surface area contributed by atoms with Gasteiger partial charge in [-0.25, -0.2) is 13.2 Å². The second-order valence-electron chi connectivity index (χ2n) is 6.74. The number of benzene rings is 2. The van der Waals surface area contributed by atoms with Gasteiger partial charge < -0.3 is 19.7 Å². The van der Waals surface area contributed by atoms with Crippen LogP contribution >= 0.6 is 0 Å². The molecule has 160 valence electrons. The van der Waals surface area contributed by atoms with Crippen LogP contribution in [0.4, 0.5) is 18.9 Å². The Bertz CT molecular complexity index is 952. The third-order valence-corrected chi connectivity index (χ3v) is 4.45. The fourth-order valence-electron chi connectivity index (χ4n) is 3.03. The van der Waals surface area contributed by atoms with Gasteiger partial charge in [0.2, 0.25) is 11.8 Å². The second kappa shape index (κ2) is 9.51. The van der Waals surface area contributed by atoms with Crippen LogP contribution in [0.25, 0.3) is 0 Å². The highest BCUT2D eigenvalue weighted by molar-refractivity contribution is 5.94. The molecule has 0 saturated carbocycles. The molecule has 1 aliphatic heterocycles. The molecule has 0 aliphatic carbocycles. The quantitative estimate of drug-likeness (QED) is 0.696. The van der Waals surface area contributed by atoms with E-state index >= 15 is 0 Å². The summed E-state index contributed by atoms with van der Waals surface area (Å²) in [6.45, 7) is 2.68. The van der Waals surface area contributed by atoms with Crippen LogP contribution in [0.2, 0.25) is 0 Å². The van der Waals surface area contributed by atoms with Gasteiger partial charge in [-0.15, -0.1) is 0 Å². The van der Waals surface area contributed by atoms with Crippen molar-refractivity contribution in [3.8, 4) is 11.5 Å². The topological polar surface area (TPSA) is 67.9 Å². The molecule has 1 aliphatic rings. The number of hydrogen-bond donors (Lipinski definition) is 1. The lowest BCUT2D eigenvalue weighted by molar-refractivity contribution is -0.134. The van der Waals surface area contributed by atoms with Crippen molar-refractivity contribution < 1.29 is 32.2 Å². The molecule has 1 N–H and O–H groups in total. The predicted octanol–water partition coefficient (Wildman–Crippen LogP) is 3.29. The molecule has 9 heteroatoms. The number of amides is 2. The van der Waals surface area contributed by atoms with E-state index in [-0.39, 0.29) is 18.9 Å². The summed E-state index contributed by atoms with van der Waals surface area (Å²) in [5, 5.41) is 2.18. The Balaban J connectivity index is 1.65. The average molecular weight is 422 g/mol. The SMILES string of the molecule is CCCN(CC(=O)Nc1ccc(F)c(F)c1F)C(=O)Cc1ccc2c(c1)OCCO2. The zero-order valence-electron chi connectivity index (χ0n) is 16.3. The fraction of sp³-hybridized carbons (Fsp3) is 0.333. The zero-order valence-corrected chi connectivity index (χ0v) is 16.3. The van der Waals surface area contributed by atoms with E-state index in [9.17, 15) is 22.8 Å². The standard InChI is InChI=1S/C21H21F3N2O4/c1-2-7-26(12-18(27)25-15-5-4-14(22)20(23)21(15)24)19(28)11-13-3-6-16-17(10-13)30-9-8-29-16/h3-6,10H,2,7-9,11-12H2,1H3,(H,25,27). The van der Waals surface area contributed by atoms with Crippen LogP contribution in [0.15, 0.2) is 30.3 Å². The lowest BCUT2D eigenvalue weighted by Gasteiger charge is -2.23. The third kappa shape index (κ3) is 5.03. The summed E-state index contributed by atoms with van der Waals surface area (Å²) >= 11 is 0. The maximum absolute atomic E-state index is 13.8. The number of anilines is 1. The Labute approximate surface area is 171 Å². The molecule has 0 aromatic heterocycles. The summed E-state index contributed by atoms with van der Waals surface area (Å²) in [5.41, 5.74) is 0.201. The minimum atomic E-state index is -1.67. The summed E-state index contributed by atoms with van der Waals surface area (Å²) in [6, 6.07) is 6.82. The molecule has 0 bridgehead atoms. The van der Waals surface area contributed by atoms with Gasteiger partial charge in [0, 0.05) is 6.54 Å². The Kier molecular flexibility index (Phi) is 6.81. The number of nitrogens with zero attached hydrogens (tertiary/aromatic N) is 1. The van der Waals surface area contributed by atoms with E-state index in [2.05, 4.69) is 5.32 Å². The van der Waals surface area contributed by atoms with Crippen molar-refractivity contribution in [2.24, 2.45) is 0 Å². The molecule has 0 fully saturated rings. The Hall–Kier alpha value is -3.23. The Morgan fingerprint density at radius 2 is 1.77 bits per heavy atom. The van der Waals surface area contributed by atoms with Crippen LogP contribution in [0.5, 0.6) is 11.5 Å². The third-order valence-electron chi connectivity index (χ3n) is 4.45. The van der Waals surface area contributed by atoms with Crippen molar-refractivity contribution in [3.05, 3.63) is 53.3 Å². The summed E-state index contributed by atoms with van der Waals surface area (Å²) in [6.07, 6.45) is 0.628. The van der Waals surface area contributed by atoms with E-state index in [4.69, 9.17) is 9.47 Å². The highest BCUT2D eigenvalue weighted by Gasteiger charge is 2.21. The minimum Gasteiger partial charge on any atom is -0.486 e. The molecule has 1 heterocycles. The first-order chi connectivity index (χ1) is 14.4. The van der Waals surface area contributed by atoms with Crippen LogP contribution in [0, 0.1) is 17.5 Å². The summed E-state index contributed by atoms with van der Waals surface area (Å²) in [4.78, 5) is 26.3. The molecule has 0 spiro atoms. The van der Waals surface area contributed by atoms with E-state index in [0.717, 1.165) is 6.07 Å². The Morgan fingerprint density at radius 3 is 2.50 bits per heavy atom. The smallest absolute Gasteiger partial charge is 0.244 e. The lowest BCUT2D eigenvalue weighted by Crippen LogP contribution is -2.39. The molecule has 6 nitrogen and oxygen atoms in total. The summed E-state index contributed by atoms with van der Waals surface area (Å²) in [5.74, 6) is -4.39. The number of ether oxygens (including phenoxy) is 2. The first-order valence-corrected chi connectivity index (χ1v) is 9.48. The Morgan fingerprint density at radius 1 is 1.03 bits per heavy atom. The molecule has 30 heavy (non-hydrogen) atoms. The number of carbonyl (C=O) groups excluding carboxylic acids is 2. The average Bonchev–Trinajstić information content (AvgIpc) is 2.73. The molecule has 2 amide bonds. The molecule has 0 atom stereocenters.